The maximum Gasteiger partial charge on any atom is 0.235 e. The molecule has 0 saturated carbocycles. The van der Waals surface area contributed by atoms with Crippen molar-refractivity contribution in [2.45, 2.75) is 24.9 Å². The van der Waals surface area contributed by atoms with Crippen molar-refractivity contribution in [2.24, 2.45) is 5.92 Å². The summed E-state index contributed by atoms with van der Waals surface area (Å²) in [5.74, 6) is -1.42. The molecule has 0 aromatic heterocycles. The Morgan fingerprint density at radius 1 is 1.21 bits per heavy atom. The molecule has 1 aromatic carbocycles. The van der Waals surface area contributed by atoms with Gasteiger partial charge in [-0.05, 0) is 31.0 Å². The topological polar surface area (TPSA) is 58.2 Å². The summed E-state index contributed by atoms with van der Waals surface area (Å²) in [6.45, 7) is 1.80. The molecule has 4 nitrogen and oxygen atoms in total. The zero-order valence-electron chi connectivity index (χ0n) is 10.2. The van der Waals surface area contributed by atoms with Crippen molar-refractivity contribution < 1.29 is 9.59 Å². The molecule has 1 atom stereocenters. The molecular weight excluding hydrogens is 287 g/mol. The number of carbonyl (C=O) groups excluding carboxylic acids is 2. The first-order valence-corrected chi connectivity index (χ1v) is 6.74. The summed E-state index contributed by atoms with van der Waals surface area (Å²) >= 11 is 12.1. The summed E-state index contributed by atoms with van der Waals surface area (Å²) in [4.78, 5) is 24.0. The number of halogens is 2. The van der Waals surface area contributed by atoms with Crippen molar-refractivity contribution in [1.82, 2.24) is 10.6 Å². The highest BCUT2D eigenvalue weighted by Gasteiger charge is 2.53. The average Bonchev–Trinajstić information content (AvgIpc) is 2.25. The molecule has 19 heavy (non-hydrogen) atoms. The van der Waals surface area contributed by atoms with Crippen LogP contribution in [0.5, 0.6) is 0 Å². The van der Waals surface area contributed by atoms with E-state index in [2.05, 4.69) is 10.6 Å². The largest absolute Gasteiger partial charge is 0.333 e. The van der Waals surface area contributed by atoms with Gasteiger partial charge in [0, 0.05) is 16.0 Å². The van der Waals surface area contributed by atoms with E-state index < -0.39 is 11.6 Å². The molecule has 3 aliphatic rings. The summed E-state index contributed by atoms with van der Waals surface area (Å²) in [6, 6.07) is 5.15. The van der Waals surface area contributed by atoms with Gasteiger partial charge in [-0.25, -0.2) is 0 Å². The molecule has 2 N–H and O–H groups in total. The second-order valence-electron chi connectivity index (χ2n) is 5.26. The van der Waals surface area contributed by atoms with Gasteiger partial charge in [-0.2, -0.15) is 0 Å². The second-order valence-corrected chi connectivity index (χ2v) is 6.11. The number of nitrogens with one attached hydrogen (secondary N) is 2. The molecule has 2 amide bonds. The molecule has 3 heterocycles. The molecule has 3 saturated heterocycles. The third kappa shape index (κ3) is 1.99. The van der Waals surface area contributed by atoms with Crippen LogP contribution >= 0.6 is 23.2 Å². The van der Waals surface area contributed by atoms with Crippen LogP contribution in [0.25, 0.3) is 0 Å². The zero-order valence-corrected chi connectivity index (χ0v) is 11.7. The van der Waals surface area contributed by atoms with Crippen LogP contribution in [0.1, 0.15) is 24.8 Å². The molecule has 4 rings (SSSR count). The molecule has 2 bridgehead atoms. The minimum Gasteiger partial charge on any atom is -0.333 e. The SMILES string of the molecule is CC12CC(c3ccc(Cl)cc3Cl)C(C(=O)N1)C(=O)N2. The molecule has 0 radical (unpaired) electrons. The fraction of sp³-hybridized carbons (Fsp3) is 0.385. The van der Waals surface area contributed by atoms with E-state index in [4.69, 9.17) is 23.2 Å². The van der Waals surface area contributed by atoms with E-state index in [0.717, 1.165) is 5.56 Å². The molecule has 6 heteroatoms. The Balaban J connectivity index is 2.06. The van der Waals surface area contributed by atoms with Crippen LogP contribution in [0, 0.1) is 5.92 Å². The number of hydrogen-bond donors (Lipinski definition) is 2. The van der Waals surface area contributed by atoms with E-state index in [1.54, 1.807) is 25.1 Å². The quantitative estimate of drug-likeness (QED) is 0.780. The Kier molecular flexibility index (Phi) is 2.76. The van der Waals surface area contributed by atoms with Crippen LogP contribution in [-0.2, 0) is 9.59 Å². The predicted octanol–water partition coefficient (Wildman–Crippen LogP) is 2.06. The second kappa shape index (κ2) is 4.12. The van der Waals surface area contributed by atoms with E-state index >= 15 is 0 Å². The Hall–Kier alpha value is -1.26. The summed E-state index contributed by atoms with van der Waals surface area (Å²) in [7, 11) is 0. The summed E-state index contributed by atoms with van der Waals surface area (Å²) in [5, 5.41) is 6.66. The Labute approximate surface area is 120 Å². The van der Waals surface area contributed by atoms with Gasteiger partial charge >= 0.3 is 0 Å². The Morgan fingerprint density at radius 3 is 2.37 bits per heavy atom. The van der Waals surface area contributed by atoms with Crippen LogP contribution in [0.4, 0.5) is 0 Å². The number of hydrogen-bond acceptors (Lipinski definition) is 2. The van der Waals surface area contributed by atoms with Crippen molar-refractivity contribution in [2.75, 3.05) is 0 Å². The highest BCUT2D eigenvalue weighted by atomic mass is 35.5. The van der Waals surface area contributed by atoms with Gasteiger partial charge in [0.1, 0.15) is 11.6 Å². The van der Waals surface area contributed by atoms with Crippen LogP contribution in [0.2, 0.25) is 10.0 Å². The summed E-state index contributed by atoms with van der Waals surface area (Å²) in [5.41, 5.74) is 0.100. The summed E-state index contributed by atoms with van der Waals surface area (Å²) in [6.07, 6.45) is 0.622. The number of amides is 2. The highest BCUT2D eigenvalue weighted by Crippen LogP contribution is 2.43. The first-order chi connectivity index (χ1) is 8.89. The van der Waals surface area contributed by atoms with E-state index in [1.165, 1.54) is 0 Å². The normalized spacial score (nSPS) is 33.0. The fourth-order valence-corrected chi connectivity index (χ4v) is 3.52. The van der Waals surface area contributed by atoms with Gasteiger partial charge in [-0.15, -0.1) is 0 Å². The lowest BCUT2D eigenvalue weighted by molar-refractivity contribution is -0.149. The van der Waals surface area contributed by atoms with Crippen LogP contribution in [0.15, 0.2) is 18.2 Å². The van der Waals surface area contributed by atoms with Gasteiger partial charge < -0.3 is 10.6 Å². The lowest BCUT2D eigenvalue weighted by Gasteiger charge is -2.48. The minimum atomic E-state index is -0.722. The van der Waals surface area contributed by atoms with Crippen LogP contribution in [-0.4, -0.2) is 17.5 Å². The maximum absolute atomic E-state index is 12.0. The van der Waals surface area contributed by atoms with Crippen molar-refractivity contribution in [3.05, 3.63) is 33.8 Å². The van der Waals surface area contributed by atoms with E-state index in [0.29, 0.717) is 16.5 Å². The Morgan fingerprint density at radius 2 is 1.84 bits per heavy atom. The Bertz CT molecular complexity index is 570. The van der Waals surface area contributed by atoms with Crippen LogP contribution in [0.3, 0.4) is 0 Å². The van der Waals surface area contributed by atoms with E-state index in [-0.39, 0.29) is 17.7 Å². The molecular formula is C13H12Cl2N2O2. The first-order valence-electron chi connectivity index (χ1n) is 5.99. The standard InChI is InChI=1S/C13H12Cl2N2O2/c1-13-5-8(7-3-2-6(14)4-9(7)15)10(11(18)16-13)12(19)17-13/h2-4,8,10H,5H2,1H3,(H,16,18)(H,17,19). The number of piperidine rings is 2. The molecule has 3 fully saturated rings. The van der Waals surface area contributed by atoms with Gasteiger partial charge in [-0.3, -0.25) is 9.59 Å². The third-order valence-electron chi connectivity index (χ3n) is 3.76. The molecule has 3 aliphatic heterocycles. The minimum absolute atomic E-state index is 0.211. The predicted molar refractivity (Wildman–Crippen MR) is 72.0 cm³/mol. The fourth-order valence-electron chi connectivity index (χ4n) is 2.97. The molecule has 1 unspecified atom stereocenters. The monoisotopic (exact) mass is 298 g/mol. The molecule has 0 aliphatic carbocycles. The molecule has 100 valence electrons. The van der Waals surface area contributed by atoms with E-state index in [1.807, 2.05) is 0 Å². The van der Waals surface area contributed by atoms with Crippen LogP contribution < -0.4 is 10.6 Å². The lowest BCUT2D eigenvalue weighted by atomic mass is 9.72. The van der Waals surface area contributed by atoms with Gasteiger partial charge in [-0.1, -0.05) is 29.3 Å². The van der Waals surface area contributed by atoms with Crippen molar-refractivity contribution in [3.8, 4) is 0 Å². The van der Waals surface area contributed by atoms with Crippen molar-refractivity contribution in [3.63, 3.8) is 0 Å². The number of rotatable bonds is 1. The highest BCUT2D eigenvalue weighted by molar-refractivity contribution is 6.35. The summed E-state index contributed by atoms with van der Waals surface area (Å²) < 4.78 is 0. The van der Waals surface area contributed by atoms with Gasteiger partial charge in [0.2, 0.25) is 11.8 Å². The van der Waals surface area contributed by atoms with Gasteiger partial charge in [0.15, 0.2) is 0 Å². The lowest BCUT2D eigenvalue weighted by Crippen LogP contribution is -2.72. The average molecular weight is 299 g/mol. The van der Waals surface area contributed by atoms with Gasteiger partial charge in [0.25, 0.3) is 0 Å². The maximum atomic E-state index is 12.0. The van der Waals surface area contributed by atoms with Gasteiger partial charge in [0.05, 0.1) is 0 Å². The smallest absolute Gasteiger partial charge is 0.235 e. The first kappa shape index (κ1) is 12.8. The zero-order chi connectivity index (χ0) is 13.8. The molecule has 0 spiro atoms. The number of benzene rings is 1. The third-order valence-corrected chi connectivity index (χ3v) is 4.32. The van der Waals surface area contributed by atoms with Crippen molar-refractivity contribution >= 4 is 35.0 Å². The number of carbonyl (C=O) groups is 2. The number of fused-ring (bicyclic) bond motifs is 3. The van der Waals surface area contributed by atoms with Crippen molar-refractivity contribution in [1.29, 1.82) is 0 Å². The van der Waals surface area contributed by atoms with E-state index in [9.17, 15) is 9.59 Å². The molecule has 1 aromatic rings.